The van der Waals surface area contributed by atoms with Crippen molar-refractivity contribution in [3.63, 3.8) is 0 Å². The van der Waals surface area contributed by atoms with E-state index in [4.69, 9.17) is 23.2 Å². The third-order valence-corrected chi connectivity index (χ3v) is 6.35. The summed E-state index contributed by atoms with van der Waals surface area (Å²) in [6, 6.07) is 21.4. The molecule has 160 valence electrons. The van der Waals surface area contributed by atoms with Gasteiger partial charge in [-0.2, -0.15) is 0 Å². The van der Waals surface area contributed by atoms with E-state index in [2.05, 4.69) is 22.4 Å². The molecular formula is C26H21Cl2N3O. The van der Waals surface area contributed by atoms with Crippen LogP contribution in [0.3, 0.4) is 0 Å². The molecule has 32 heavy (non-hydrogen) atoms. The fourth-order valence-corrected chi connectivity index (χ4v) is 4.62. The predicted octanol–water partition coefficient (Wildman–Crippen LogP) is 6.61. The van der Waals surface area contributed by atoms with Gasteiger partial charge in [-0.1, -0.05) is 53.5 Å². The summed E-state index contributed by atoms with van der Waals surface area (Å²) in [5, 5.41) is 6.50. The van der Waals surface area contributed by atoms with Gasteiger partial charge in [0, 0.05) is 57.2 Å². The number of fused-ring (bicyclic) bond motifs is 2. The smallest absolute Gasteiger partial charge is 0.268 e. The molecule has 0 aliphatic carbocycles. The second-order valence-corrected chi connectivity index (χ2v) is 8.69. The van der Waals surface area contributed by atoms with Crippen molar-refractivity contribution in [2.75, 3.05) is 6.54 Å². The van der Waals surface area contributed by atoms with Gasteiger partial charge in [0.15, 0.2) is 0 Å². The zero-order valence-corrected chi connectivity index (χ0v) is 19.0. The zero-order valence-electron chi connectivity index (χ0n) is 17.5. The number of aromatic amines is 1. The molecule has 0 saturated carbocycles. The van der Waals surface area contributed by atoms with Crippen LogP contribution in [0.15, 0.2) is 72.9 Å². The molecule has 3 aromatic carbocycles. The van der Waals surface area contributed by atoms with E-state index in [1.807, 2.05) is 72.4 Å². The van der Waals surface area contributed by atoms with Crippen molar-refractivity contribution in [2.45, 2.75) is 6.42 Å². The van der Waals surface area contributed by atoms with Crippen molar-refractivity contribution >= 4 is 50.9 Å². The number of halogens is 2. The molecule has 0 aliphatic heterocycles. The second kappa shape index (κ2) is 8.38. The molecule has 0 saturated heterocycles. The normalized spacial score (nSPS) is 11.3. The van der Waals surface area contributed by atoms with Gasteiger partial charge in [0.25, 0.3) is 5.91 Å². The quantitative estimate of drug-likeness (QED) is 0.304. The lowest BCUT2D eigenvalue weighted by Gasteiger charge is -2.10. The highest BCUT2D eigenvalue weighted by Gasteiger charge is 2.22. The summed E-state index contributed by atoms with van der Waals surface area (Å²) in [6.07, 6.45) is 2.75. The van der Waals surface area contributed by atoms with Crippen LogP contribution in [0, 0.1) is 0 Å². The average molecular weight is 462 g/mol. The topological polar surface area (TPSA) is 49.8 Å². The monoisotopic (exact) mass is 461 g/mol. The first-order valence-corrected chi connectivity index (χ1v) is 11.2. The van der Waals surface area contributed by atoms with Gasteiger partial charge >= 0.3 is 0 Å². The maximum absolute atomic E-state index is 13.4. The molecule has 2 aromatic heterocycles. The Bertz CT molecular complexity index is 1450. The Kier molecular flexibility index (Phi) is 5.41. The van der Waals surface area contributed by atoms with Gasteiger partial charge in [0.05, 0.1) is 0 Å². The minimum absolute atomic E-state index is 0.121. The molecule has 0 unspecified atom stereocenters. The number of para-hydroxylation sites is 1. The number of hydrogen-bond acceptors (Lipinski definition) is 1. The van der Waals surface area contributed by atoms with Gasteiger partial charge in [-0.15, -0.1) is 0 Å². The Hall–Kier alpha value is -3.21. The number of benzene rings is 3. The van der Waals surface area contributed by atoms with Crippen molar-refractivity contribution in [1.82, 2.24) is 14.9 Å². The van der Waals surface area contributed by atoms with Gasteiger partial charge in [0.2, 0.25) is 0 Å². The maximum Gasteiger partial charge on any atom is 0.268 e. The van der Waals surface area contributed by atoms with E-state index < -0.39 is 0 Å². The van der Waals surface area contributed by atoms with Gasteiger partial charge < -0.3 is 14.9 Å². The van der Waals surface area contributed by atoms with E-state index >= 15 is 0 Å². The summed E-state index contributed by atoms with van der Waals surface area (Å²) in [5.41, 5.74) is 5.60. The van der Waals surface area contributed by atoms with Crippen LogP contribution in [0.5, 0.6) is 0 Å². The van der Waals surface area contributed by atoms with Gasteiger partial charge in [-0.05, 0) is 53.9 Å². The molecule has 1 amide bonds. The van der Waals surface area contributed by atoms with Crippen molar-refractivity contribution < 1.29 is 4.79 Å². The SMILES string of the molecule is Cn1c(C(=O)NCCc2c[nH]c3ccccc23)c(-c2ccc(Cl)cc2)c2cc(Cl)ccc21. The fourth-order valence-electron chi connectivity index (χ4n) is 4.32. The number of carbonyl (C=O) groups excluding carboxylic acids is 1. The molecule has 6 heteroatoms. The summed E-state index contributed by atoms with van der Waals surface area (Å²) in [7, 11) is 1.91. The maximum atomic E-state index is 13.4. The van der Waals surface area contributed by atoms with Crippen LogP contribution in [0.1, 0.15) is 16.1 Å². The molecule has 0 atom stereocenters. The molecular weight excluding hydrogens is 441 g/mol. The van der Waals surface area contributed by atoms with E-state index in [1.54, 1.807) is 0 Å². The van der Waals surface area contributed by atoms with Crippen LogP contribution in [0.4, 0.5) is 0 Å². The number of H-pyrrole nitrogens is 1. The minimum Gasteiger partial charge on any atom is -0.361 e. The van der Waals surface area contributed by atoms with Crippen molar-refractivity contribution in [3.8, 4) is 11.1 Å². The third kappa shape index (κ3) is 3.66. The molecule has 0 bridgehead atoms. The van der Waals surface area contributed by atoms with Crippen LogP contribution in [-0.4, -0.2) is 22.0 Å². The van der Waals surface area contributed by atoms with E-state index in [-0.39, 0.29) is 5.91 Å². The van der Waals surface area contributed by atoms with Crippen LogP contribution in [-0.2, 0) is 13.5 Å². The Balaban J connectivity index is 1.48. The second-order valence-electron chi connectivity index (χ2n) is 7.82. The highest BCUT2D eigenvalue weighted by atomic mass is 35.5. The van der Waals surface area contributed by atoms with Crippen LogP contribution in [0.2, 0.25) is 10.0 Å². The highest BCUT2D eigenvalue weighted by molar-refractivity contribution is 6.32. The molecule has 0 fully saturated rings. The number of aromatic nitrogens is 2. The predicted molar refractivity (Wildman–Crippen MR) is 133 cm³/mol. The number of nitrogens with one attached hydrogen (secondary N) is 2. The molecule has 4 nitrogen and oxygen atoms in total. The van der Waals surface area contributed by atoms with E-state index in [0.717, 1.165) is 34.0 Å². The summed E-state index contributed by atoms with van der Waals surface area (Å²) in [4.78, 5) is 16.7. The van der Waals surface area contributed by atoms with Gasteiger partial charge in [-0.25, -0.2) is 0 Å². The van der Waals surface area contributed by atoms with Gasteiger partial charge in [-0.3, -0.25) is 4.79 Å². The molecule has 5 aromatic rings. The van der Waals surface area contributed by atoms with Crippen LogP contribution < -0.4 is 5.32 Å². The summed E-state index contributed by atoms with van der Waals surface area (Å²) in [6.45, 7) is 0.531. The Morgan fingerprint density at radius 1 is 0.969 bits per heavy atom. The number of aryl methyl sites for hydroxylation is 1. The number of nitrogens with zero attached hydrogens (tertiary/aromatic N) is 1. The lowest BCUT2D eigenvalue weighted by Crippen LogP contribution is -2.28. The Morgan fingerprint density at radius 2 is 1.72 bits per heavy atom. The van der Waals surface area contributed by atoms with Crippen LogP contribution in [0.25, 0.3) is 32.9 Å². The fraction of sp³-hybridized carbons (Fsp3) is 0.115. The number of hydrogen-bond donors (Lipinski definition) is 2. The minimum atomic E-state index is -0.121. The highest BCUT2D eigenvalue weighted by Crippen LogP contribution is 2.36. The first-order chi connectivity index (χ1) is 15.5. The molecule has 2 N–H and O–H groups in total. The zero-order chi connectivity index (χ0) is 22.2. The molecule has 0 aliphatic rings. The van der Waals surface area contributed by atoms with Crippen LogP contribution >= 0.6 is 23.2 Å². The number of rotatable bonds is 5. The average Bonchev–Trinajstić information content (AvgIpc) is 3.33. The Morgan fingerprint density at radius 3 is 2.53 bits per heavy atom. The molecule has 0 radical (unpaired) electrons. The first-order valence-electron chi connectivity index (χ1n) is 10.4. The third-order valence-electron chi connectivity index (χ3n) is 5.86. The summed E-state index contributed by atoms with van der Waals surface area (Å²) >= 11 is 12.4. The molecule has 5 rings (SSSR count). The first kappa shape index (κ1) is 20.7. The summed E-state index contributed by atoms with van der Waals surface area (Å²) < 4.78 is 1.93. The molecule has 0 spiro atoms. The van der Waals surface area contributed by atoms with E-state index in [1.165, 1.54) is 10.9 Å². The summed E-state index contributed by atoms with van der Waals surface area (Å²) in [5.74, 6) is -0.121. The van der Waals surface area contributed by atoms with Crippen molar-refractivity contribution in [1.29, 1.82) is 0 Å². The van der Waals surface area contributed by atoms with E-state index in [0.29, 0.717) is 22.3 Å². The molecule has 2 heterocycles. The van der Waals surface area contributed by atoms with Gasteiger partial charge in [0.1, 0.15) is 5.69 Å². The van der Waals surface area contributed by atoms with Crippen molar-refractivity contribution in [2.24, 2.45) is 7.05 Å². The number of amides is 1. The standard InChI is InChI=1S/C26H21Cl2N3O/c1-31-23-11-10-19(28)14-21(23)24(16-6-8-18(27)9-7-16)25(31)26(32)29-13-12-17-15-30-22-5-3-2-4-20(17)22/h2-11,14-15,30H,12-13H2,1H3,(H,29,32). The largest absolute Gasteiger partial charge is 0.361 e. The Labute approximate surface area is 195 Å². The number of carbonyl (C=O) groups is 1. The lowest BCUT2D eigenvalue weighted by atomic mass is 10.0. The van der Waals surface area contributed by atoms with E-state index in [9.17, 15) is 4.79 Å². The lowest BCUT2D eigenvalue weighted by molar-refractivity contribution is 0.0947. The van der Waals surface area contributed by atoms with Crippen molar-refractivity contribution in [3.05, 3.63) is 94.2 Å².